The number of rotatable bonds is 5. The van der Waals surface area contributed by atoms with Gasteiger partial charge in [-0.2, -0.15) is 4.31 Å². The lowest BCUT2D eigenvalue weighted by Crippen LogP contribution is -2.39. The predicted molar refractivity (Wildman–Crippen MR) is 115 cm³/mol. The van der Waals surface area contributed by atoms with Gasteiger partial charge in [-0.05, 0) is 70.0 Å². The van der Waals surface area contributed by atoms with Crippen LogP contribution in [0.5, 0.6) is 0 Å². The summed E-state index contributed by atoms with van der Waals surface area (Å²) in [5.74, 6) is -0.0179. The number of benzene rings is 1. The second-order valence-electron chi connectivity index (χ2n) is 7.91. The first kappa shape index (κ1) is 21.5. The van der Waals surface area contributed by atoms with E-state index in [0.717, 1.165) is 35.6 Å². The van der Waals surface area contributed by atoms with Gasteiger partial charge in [0.1, 0.15) is 16.4 Å². The van der Waals surface area contributed by atoms with Gasteiger partial charge in [0, 0.05) is 41.8 Å². The van der Waals surface area contributed by atoms with E-state index in [4.69, 9.17) is 4.52 Å². The number of sulfonamides is 1. The summed E-state index contributed by atoms with van der Waals surface area (Å²) in [6.45, 7) is 5.96. The van der Waals surface area contributed by atoms with E-state index in [2.05, 4.69) is 15.5 Å². The average Bonchev–Trinajstić information content (AvgIpc) is 3.08. The fraction of sp³-hybridized carbons (Fsp3) is 0.364. The van der Waals surface area contributed by atoms with Gasteiger partial charge in [0.05, 0.1) is 0 Å². The van der Waals surface area contributed by atoms with Crippen LogP contribution in [-0.4, -0.2) is 36.0 Å². The minimum absolute atomic E-state index is 0.0299. The van der Waals surface area contributed by atoms with E-state index >= 15 is 0 Å². The minimum Gasteiger partial charge on any atom is -0.360 e. The lowest BCUT2D eigenvalue weighted by molar-refractivity contribution is 0.312. The van der Waals surface area contributed by atoms with Gasteiger partial charge < -0.3 is 9.84 Å². The molecule has 1 aliphatic rings. The molecule has 0 spiro atoms. The lowest BCUT2D eigenvalue weighted by atomic mass is 9.95. The fourth-order valence-electron chi connectivity index (χ4n) is 4.05. The third-order valence-corrected chi connectivity index (χ3v) is 7.58. The van der Waals surface area contributed by atoms with Crippen LogP contribution in [-0.2, 0) is 10.0 Å². The molecule has 164 valence electrons. The van der Waals surface area contributed by atoms with Crippen LogP contribution < -0.4 is 5.32 Å². The van der Waals surface area contributed by atoms with Crippen LogP contribution in [0, 0.1) is 26.6 Å². The van der Waals surface area contributed by atoms with Gasteiger partial charge >= 0.3 is 0 Å². The fourth-order valence-corrected chi connectivity index (χ4v) is 5.86. The van der Waals surface area contributed by atoms with Crippen molar-refractivity contribution >= 4 is 21.4 Å². The van der Waals surface area contributed by atoms with Crippen molar-refractivity contribution in [2.24, 2.45) is 0 Å². The highest BCUT2D eigenvalue weighted by Gasteiger charge is 2.35. The standard InChI is InChI=1S/C22H25FN4O3S/c1-14-11-20(25-19-8-6-18(23)7-9-19)12-21(24-14)17-5-4-10-27(13-17)31(28,29)22-15(2)26-30-16(22)3/h6-9,11-12,17H,4-5,10,13H2,1-3H3,(H,24,25). The maximum Gasteiger partial charge on any atom is 0.248 e. The van der Waals surface area contributed by atoms with Crippen LogP contribution in [0.2, 0.25) is 0 Å². The normalized spacial score (nSPS) is 17.6. The molecule has 2 aromatic heterocycles. The second-order valence-corrected chi connectivity index (χ2v) is 9.78. The van der Waals surface area contributed by atoms with Crippen LogP contribution >= 0.6 is 0 Å². The van der Waals surface area contributed by atoms with Crippen LogP contribution in [0.3, 0.4) is 0 Å². The molecule has 1 N–H and O–H groups in total. The molecular weight excluding hydrogens is 419 g/mol. The number of piperidine rings is 1. The Labute approximate surface area is 181 Å². The molecule has 7 nitrogen and oxygen atoms in total. The smallest absolute Gasteiger partial charge is 0.248 e. The van der Waals surface area contributed by atoms with E-state index < -0.39 is 10.0 Å². The average molecular weight is 445 g/mol. The summed E-state index contributed by atoms with van der Waals surface area (Å²) in [6, 6.07) is 9.99. The first-order chi connectivity index (χ1) is 14.7. The molecule has 1 saturated heterocycles. The van der Waals surface area contributed by atoms with Gasteiger partial charge in [0.25, 0.3) is 0 Å². The Hall–Kier alpha value is -2.78. The molecular formula is C22H25FN4O3S. The Morgan fingerprint density at radius 2 is 1.87 bits per heavy atom. The monoisotopic (exact) mass is 444 g/mol. The SMILES string of the molecule is Cc1cc(Nc2ccc(F)cc2)cc(C2CCCN(S(=O)(=O)c3c(C)noc3C)C2)n1. The number of aryl methyl sites for hydroxylation is 3. The van der Waals surface area contributed by atoms with E-state index in [0.29, 0.717) is 24.5 Å². The molecule has 0 bridgehead atoms. The highest BCUT2D eigenvalue weighted by atomic mass is 32.2. The van der Waals surface area contributed by atoms with Crippen molar-refractivity contribution in [2.45, 2.75) is 44.4 Å². The van der Waals surface area contributed by atoms with Gasteiger partial charge in [-0.1, -0.05) is 5.16 Å². The topological polar surface area (TPSA) is 88.3 Å². The van der Waals surface area contributed by atoms with Gasteiger partial charge in [-0.3, -0.25) is 4.98 Å². The molecule has 0 saturated carbocycles. The molecule has 1 aromatic carbocycles. The van der Waals surface area contributed by atoms with Crippen LogP contribution in [0.1, 0.15) is 41.6 Å². The van der Waals surface area contributed by atoms with Gasteiger partial charge in [0.15, 0.2) is 5.76 Å². The Kier molecular flexibility index (Phi) is 5.81. The molecule has 0 radical (unpaired) electrons. The number of nitrogens with one attached hydrogen (secondary N) is 1. The molecule has 9 heteroatoms. The van der Waals surface area contributed by atoms with Gasteiger partial charge in [-0.15, -0.1) is 0 Å². The summed E-state index contributed by atoms with van der Waals surface area (Å²) in [5, 5.41) is 7.07. The van der Waals surface area contributed by atoms with Crippen LogP contribution in [0.15, 0.2) is 45.8 Å². The Morgan fingerprint density at radius 1 is 1.13 bits per heavy atom. The Morgan fingerprint density at radius 3 is 2.55 bits per heavy atom. The minimum atomic E-state index is -3.70. The summed E-state index contributed by atoms with van der Waals surface area (Å²) in [7, 11) is -3.70. The van der Waals surface area contributed by atoms with E-state index in [-0.39, 0.29) is 16.6 Å². The number of anilines is 2. The third-order valence-electron chi connectivity index (χ3n) is 5.47. The third kappa shape index (κ3) is 4.47. The number of hydrogen-bond donors (Lipinski definition) is 1. The first-order valence-electron chi connectivity index (χ1n) is 10.2. The molecule has 1 atom stereocenters. The van der Waals surface area contributed by atoms with Crippen molar-refractivity contribution in [3.05, 3.63) is 65.1 Å². The van der Waals surface area contributed by atoms with Crippen LogP contribution in [0.4, 0.5) is 15.8 Å². The molecule has 1 unspecified atom stereocenters. The zero-order valence-corrected chi connectivity index (χ0v) is 18.5. The molecule has 31 heavy (non-hydrogen) atoms. The number of nitrogens with zero attached hydrogens (tertiary/aromatic N) is 3. The molecule has 0 aliphatic carbocycles. The summed E-state index contributed by atoms with van der Waals surface area (Å²) < 4.78 is 46.2. The van der Waals surface area contributed by atoms with Crippen molar-refractivity contribution in [2.75, 3.05) is 18.4 Å². The van der Waals surface area contributed by atoms with E-state index in [1.54, 1.807) is 26.0 Å². The molecule has 4 rings (SSSR count). The maximum absolute atomic E-state index is 13.2. The molecule has 3 heterocycles. The number of halogens is 1. The quantitative estimate of drug-likeness (QED) is 0.626. The number of aromatic nitrogens is 2. The van der Waals surface area contributed by atoms with E-state index in [1.807, 2.05) is 19.1 Å². The summed E-state index contributed by atoms with van der Waals surface area (Å²) in [5.41, 5.74) is 3.64. The first-order valence-corrected chi connectivity index (χ1v) is 11.6. The largest absolute Gasteiger partial charge is 0.360 e. The number of hydrogen-bond acceptors (Lipinski definition) is 6. The summed E-state index contributed by atoms with van der Waals surface area (Å²) >= 11 is 0. The van der Waals surface area contributed by atoms with Crippen molar-refractivity contribution in [3.63, 3.8) is 0 Å². The summed E-state index contributed by atoms with van der Waals surface area (Å²) in [6.07, 6.45) is 1.59. The molecule has 1 aliphatic heterocycles. The van der Waals surface area contributed by atoms with Crippen LogP contribution in [0.25, 0.3) is 0 Å². The van der Waals surface area contributed by atoms with Gasteiger partial charge in [0.2, 0.25) is 10.0 Å². The van der Waals surface area contributed by atoms with E-state index in [1.165, 1.54) is 16.4 Å². The van der Waals surface area contributed by atoms with Crippen molar-refractivity contribution < 1.29 is 17.3 Å². The van der Waals surface area contributed by atoms with Crippen molar-refractivity contribution in [1.29, 1.82) is 0 Å². The zero-order valence-electron chi connectivity index (χ0n) is 17.7. The highest BCUT2D eigenvalue weighted by Crippen LogP contribution is 2.33. The summed E-state index contributed by atoms with van der Waals surface area (Å²) in [4.78, 5) is 4.83. The Balaban J connectivity index is 1.58. The van der Waals surface area contributed by atoms with Crippen molar-refractivity contribution in [3.8, 4) is 0 Å². The number of pyridine rings is 1. The molecule has 3 aromatic rings. The second kappa shape index (κ2) is 8.39. The maximum atomic E-state index is 13.2. The van der Waals surface area contributed by atoms with E-state index in [9.17, 15) is 12.8 Å². The zero-order chi connectivity index (χ0) is 22.2. The molecule has 1 fully saturated rings. The predicted octanol–water partition coefficient (Wildman–Crippen LogP) is 4.45. The van der Waals surface area contributed by atoms with Gasteiger partial charge in [-0.25, -0.2) is 12.8 Å². The molecule has 0 amide bonds. The Bertz CT molecular complexity index is 1170. The highest BCUT2D eigenvalue weighted by molar-refractivity contribution is 7.89. The lowest BCUT2D eigenvalue weighted by Gasteiger charge is -2.31. The van der Waals surface area contributed by atoms with Crippen molar-refractivity contribution in [1.82, 2.24) is 14.4 Å².